The Labute approximate surface area is 79.4 Å². The number of nitrogens with zero attached hydrogens (tertiary/aromatic N) is 4. The highest BCUT2D eigenvalue weighted by Crippen LogP contribution is 2.13. The van der Waals surface area contributed by atoms with Crippen LogP contribution in [0, 0.1) is 6.92 Å². The van der Waals surface area contributed by atoms with E-state index in [1.807, 2.05) is 13.1 Å². The van der Waals surface area contributed by atoms with Crippen LogP contribution >= 0.6 is 11.5 Å². The SMILES string of the molecule is Cc1cnn(Cc2nnsc2N)c1. The number of aromatic nitrogens is 4. The molecule has 0 atom stereocenters. The van der Waals surface area contributed by atoms with Crippen molar-refractivity contribution in [3.05, 3.63) is 23.7 Å². The van der Waals surface area contributed by atoms with Crippen LogP contribution < -0.4 is 5.73 Å². The third kappa shape index (κ3) is 1.67. The Morgan fingerprint density at radius 1 is 1.62 bits per heavy atom. The largest absolute Gasteiger partial charge is 0.388 e. The standard InChI is InChI=1S/C7H9N5S/c1-5-2-9-12(3-5)4-6-7(8)13-11-10-6/h2-3H,4,8H2,1H3. The van der Waals surface area contributed by atoms with Crippen LogP contribution in [0.4, 0.5) is 5.00 Å². The van der Waals surface area contributed by atoms with Crippen molar-refractivity contribution in [3.63, 3.8) is 0 Å². The van der Waals surface area contributed by atoms with Crippen molar-refractivity contribution in [2.75, 3.05) is 5.73 Å². The predicted octanol–water partition coefficient (Wildman–Crippen LogP) is 0.674. The number of aryl methyl sites for hydroxylation is 1. The van der Waals surface area contributed by atoms with Crippen LogP contribution in [0.25, 0.3) is 0 Å². The maximum Gasteiger partial charge on any atom is 0.132 e. The van der Waals surface area contributed by atoms with E-state index in [0.717, 1.165) is 11.3 Å². The molecule has 0 aliphatic heterocycles. The minimum atomic E-state index is 0.593. The monoisotopic (exact) mass is 195 g/mol. The molecule has 0 saturated carbocycles. The highest BCUT2D eigenvalue weighted by molar-refractivity contribution is 7.09. The maximum atomic E-state index is 5.65. The van der Waals surface area contributed by atoms with Crippen LogP contribution in [0.2, 0.25) is 0 Å². The lowest BCUT2D eigenvalue weighted by molar-refractivity contribution is 0.671. The first-order valence-corrected chi connectivity index (χ1v) is 4.59. The lowest BCUT2D eigenvalue weighted by Gasteiger charge is -1.96. The molecule has 0 saturated heterocycles. The Balaban J connectivity index is 2.19. The molecule has 0 fully saturated rings. The Bertz CT molecular complexity index is 404. The number of anilines is 1. The molecule has 5 nitrogen and oxygen atoms in total. The maximum absolute atomic E-state index is 5.65. The summed E-state index contributed by atoms with van der Waals surface area (Å²) in [6.45, 7) is 2.59. The molecule has 0 aliphatic rings. The summed E-state index contributed by atoms with van der Waals surface area (Å²) in [4.78, 5) is 0. The van der Waals surface area contributed by atoms with Gasteiger partial charge in [-0.25, -0.2) is 0 Å². The summed E-state index contributed by atoms with van der Waals surface area (Å²) in [5, 5.41) is 8.69. The van der Waals surface area contributed by atoms with Gasteiger partial charge in [-0.3, -0.25) is 4.68 Å². The van der Waals surface area contributed by atoms with Gasteiger partial charge in [-0.15, -0.1) is 5.10 Å². The highest BCUT2D eigenvalue weighted by atomic mass is 32.1. The fourth-order valence-corrected chi connectivity index (χ4v) is 1.47. The summed E-state index contributed by atoms with van der Waals surface area (Å²) < 4.78 is 5.54. The summed E-state index contributed by atoms with van der Waals surface area (Å²) in [6.07, 6.45) is 3.74. The molecule has 68 valence electrons. The van der Waals surface area contributed by atoms with Gasteiger partial charge in [-0.2, -0.15) is 5.10 Å². The van der Waals surface area contributed by atoms with E-state index in [0.29, 0.717) is 11.5 Å². The second-order valence-corrected chi connectivity index (χ2v) is 3.58. The molecule has 2 heterocycles. The zero-order valence-electron chi connectivity index (χ0n) is 7.14. The molecule has 2 aromatic rings. The molecule has 0 aromatic carbocycles. The summed E-state index contributed by atoms with van der Waals surface area (Å²) in [5.74, 6) is 0. The van der Waals surface area contributed by atoms with Crippen molar-refractivity contribution in [2.24, 2.45) is 0 Å². The van der Waals surface area contributed by atoms with Crippen LogP contribution in [0.1, 0.15) is 11.3 Å². The minimum Gasteiger partial charge on any atom is -0.388 e. The second kappa shape index (κ2) is 3.14. The molecule has 0 amide bonds. The first-order chi connectivity index (χ1) is 6.25. The van der Waals surface area contributed by atoms with Crippen LogP contribution in [0.3, 0.4) is 0 Å². The minimum absolute atomic E-state index is 0.593. The van der Waals surface area contributed by atoms with Crippen molar-refractivity contribution in [1.29, 1.82) is 0 Å². The van der Waals surface area contributed by atoms with Gasteiger partial charge in [0.1, 0.15) is 10.7 Å². The van der Waals surface area contributed by atoms with Gasteiger partial charge in [-0.05, 0) is 12.5 Å². The van der Waals surface area contributed by atoms with Crippen LogP contribution in [-0.2, 0) is 6.54 Å². The number of nitrogens with two attached hydrogens (primary N) is 1. The average Bonchev–Trinajstić information content (AvgIpc) is 2.64. The zero-order chi connectivity index (χ0) is 9.26. The second-order valence-electron chi connectivity index (χ2n) is 2.80. The molecular weight excluding hydrogens is 186 g/mol. The fourth-order valence-electron chi connectivity index (χ4n) is 1.03. The van der Waals surface area contributed by atoms with Gasteiger partial charge in [-0.1, -0.05) is 4.49 Å². The number of hydrogen-bond donors (Lipinski definition) is 1. The van der Waals surface area contributed by atoms with Crippen LogP contribution in [0.5, 0.6) is 0 Å². The summed E-state index contributed by atoms with van der Waals surface area (Å²) in [6, 6.07) is 0. The molecule has 2 aromatic heterocycles. The fraction of sp³-hybridized carbons (Fsp3) is 0.286. The predicted molar refractivity (Wildman–Crippen MR) is 50.4 cm³/mol. The topological polar surface area (TPSA) is 69.6 Å². The molecule has 0 bridgehead atoms. The molecule has 2 N–H and O–H groups in total. The van der Waals surface area contributed by atoms with Crippen molar-refractivity contribution in [1.82, 2.24) is 19.4 Å². The lowest BCUT2D eigenvalue weighted by atomic mass is 10.4. The molecule has 13 heavy (non-hydrogen) atoms. The van der Waals surface area contributed by atoms with E-state index >= 15 is 0 Å². The van der Waals surface area contributed by atoms with Gasteiger partial charge < -0.3 is 5.73 Å². The Hall–Kier alpha value is -1.43. The Morgan fingerprint density at radius 2 is 2.46 bits per heavy atom. The first kappa shape index (κ1) is 8.18. The molecule has 2 rings (SSSR count). The van der Waals surface area contributed by atoms with Crippen molar-refractivity contribution < 1.29 is 0 Å². The van der Waals surface area contributed by atoms with Crippen molar-refractivity contribution in [3.8, 4) is 0 Å². The molecule has 0 spiro atoms. The van der Waals surface area contributed by atoms with Gasteiger partial charge in [0, 0.05) is 17.7 Å². The van der Waals surface area contributed by atoms with Crippen LogP contribution in [0.15, 0.2) is 12.4 Å². The van der Waals surface area contributed by atoms with Crippen molar-refractivity contribution in [2.45, 2.75) is 13.5 Å². The number of rotatable bonds is 2. The summed E-state index contributed by atoms with van der Waals surface area (Å²) in [7, 11) is 0. The van der Waals surface area contributed by atoms with E-state index in [2.05, 4.69) is 14.7 Å². The van der Waals surface area contributed by atoms with Gasteiger partial charge in [0.05, 0.1) is 12.7 Å². The number of hydrogen-bond acceptors (Lipinski definition) is 5. The van der Waals surface area contributed by atoms with Gasteiger partial charge in [0.25, 0.3) is 0 Å². The Kier molecular flexibility index (Phi) is 1.97. The van der Waals surface area contributed by atoms with Gasteiger partial charge in [0.15, 0.2) is 0 Å². The quantitative estimate of drug-likeness (QED) is 0.764. The Morgan fingerprint density at radius 3 is 3.00 bits per heavy atom. The summed E-state index contributed by atoms with van der Waals surface area (Å²) >= 11 is 1.21. The highest BCUT2D eigenvalue weighted by Gasteiger charge is 2.04. The zero-order valence-corrected chi connectivity index (χ0v) is 7.95. The third-order valence-electron chi connectivity index (χ3n) is 1.66. The van der Waals surface area contributed by atoms with E-state index in [9.17, 15) is 0 Å². The summed E-state index contributed by atoms with van der Waals surface area (Å²) in [5.41, 5.74) is 7.56. The third-order valence-corrected chi connectivity index (χ3v) is 2.25. The van der Waals surface area contributed by atoms with Gasteiger partial charge in [0.2, 0.25) is 0 Å². The van der Waals surface area contributed by atoms with E-state index in [1.165, 1.54) is 11.5 Å². The number of nitrogen functional groups attached to an aromatic ring is 1. The van der Waals surface area contributed by atoms with Crippen molar-refractivity contribution >= 4 is 16.5 Å². The van der Waals surface area contributed by atoms with E-state index in [1.54, 1.807) is 10.9 Å². The normalized spacial score (nSPS) is 10.5. The molecule has 0 unspecified atom stereocenters. The molecule has 0 radical (unpaired) electrons. The lowest BCUT2D eigenvalue weighted by Crippen LogP contribution is -2.02. The first-order valence-electron chi connectivity index (χ1n) is 3.81. The van der Waals surface area contributed by atoms with E-state index < -0.39 is 0 Å². The average molecular weight is 195 g/mol. The van der Waals surface area contributed by atoms with Gasteiger partial charge >= 0.3 is 0 Å². The van der Waals surface area contributed by atoms with E-state index in [4.69, 9.17) is 5.73 Å². The molecule has 0 aliphatic carbocycles. The smallest absolute Gasteiger partial charge is 0.132 e. The molecule has 6 heteroatoms. The van der Waals surface area contributed by atoms with E-state index in [-0.39, 0.29) is 0 Å². The molecular formula is C7H9N5S. The van der Waals surface area contributed by atoms with Crippen LogP contribution in [-0.4, -0.2) is 19.4 Å².